The maximum Gasteiger partial charge on any atom is 0.0669 e. The minimum atomic E-state index is -0.206. The summed E-state index contributed by atoms with van der Waals surface area (Å²) in [7, 11) is 1.91. The van der Waals surface area contributed by atoms with E-state index in [4.69, 9.17) is 10.00 Å². The van der Waals surface area contributed by atoms with Gasteiger partial charge in [0.15, 0.2) is 0 Å². The molecule has 3 saturated carbocycles. The molecule has 0 bridgehead atoms. The molecule has 3 nitrogen and oxygen atoms in total. The monoisotopic (exact) mass is 373 g/mol. The summed E-state index contributed by atoms with van der Waals surface area (Å²) in [6.07, 6.45) is 10.1. The van der Waals surface area contributed by atoms with Gasteiger partial charge in [-0.05, 0) is 80.5 Å². The summed E-state index contributed by atoms with van der Waals surface area (Å²) < 4.78 is 6.35. The van der Waals surface area contributed by atoms with Crippen molar-refractivity contribution in [1.82, 2.24) is 0 Å². The van der Waals surface area contributed by atoms with Gasteiger partial charge in [0.2, 0.25) is 0 Å². The molecule has 3 heteroatoms. The zero-order valence-electron chi connectivity index (χ0n) is 17.9. The van der Waals surface area contributed by atoms with Gasteiger partial charge >= 0.3 is 0 Å². The first kappa shape index (κ1) is 20.9. The van der Waals surface area contributed by atoms with Crippen LogP contribution in [0.15, 0.2) is 12.2 Å². The second kappa shape index (κ2) is 7.53. The molecule has 152 valence electrons. The Morgan fingerprint density at radius 3 is 2.63 bits per heavy atom. The van der Waals surface area contributed by atoms with E-state index in [1.165, 1.54) is 24.8 Å². The molecule has 0 heterocycles. The highest BCUT2D eigenvalue weighted by molar-refractivity contribution is 5.27. The Hall–Kier alpha value is -0.850. The van der Waals surface area contributed by atoms with Crippen LogP contribution >= 0.6 is 0 Å². The van der Waals surface area contributed by atoms with Crippen LogP contribution in [-0.4, -0.2) is 24.4 Å². The van der Waals surface area contributed by atoms with Gasteiger partial charge < -0.3 is 9.84 Å². The maximum absolute atomic E-state index is 10.3. The minimum Gasteiger partial charge on any atom is -0.393 e. The van der Waals surface area contributed by atoms with Gasteiger partial charge in [0, 0.05) is 18.9 Å². The van der Waals surface area contributed by atoms with E-state index in [0.29, 0.717) is 18.3 Å². The third-order valence-electron chi connectivity index (χ3n) is 9.46. The topological polar surface area (TPSA) is 53.2 Å². The highest BCUT2D eigenvalue weighted by atomic mass is 16.5. The Bertz CT molecular complexity index is 610. The van der Waals surface area contributed by atoms with Gasteiger partial charge in [-0.2, -0.15) is 5.26 Å². The Kier molecular flexibility index (Phi) is 5.82. The second-order valence-corrected chi connectivity index (χ2v) is 10.1. The number of hydrogen-bond donors (Lipinski definition) is 1. The SMILES string of the molecule is C=C1CCC2(CC)C(OC)C(C3(C)CCC(O)CC3CCC#N)CCC12C. The average molecular weight is 374 g/mol. The van der Waals surface area contributed by atoms with Crippen LogP contribution in [0.4, 0.5) is 0 Å². The molecule has 0 aromatic heterocycles. The number of nitriles is 1. The molecular formula is C24H39NO2. The number of methoxy groups -OCH3 is 1. The lowest BCUT2D eigenvalue weighted by Gasteiger charge is -2.61. The Morgan fingerprint density at radius 1 is 1.26 bits per heavy atom. The summed E-state index contributed by atoms with van der Waals surface area (Å²) in [4.78, 5) is 0. The van der Waals surface area contributed by atoms with Crippen molar-refractivity contribution < 1.29 is 9.84 Å². The van der Waals surface area contributed by atoms with Gasteiger partial charge in [0.1, 0.15) is 0 Å². The first-order valence-electron chi connectivity index (χ1n) is 11.0. The molecule has 27 heavy (non-hydrogen) atoms. The highest BCUT2D eigenvalue weighted by Crippen LogP contribution is 2.69. The molecule has 0 aliphatic heterocycles. The van der Waals surface area contributed by atoms with Gasteiger partial charge in [-0.25, -0.2) is 0 Å². The Morgan fingerprint density at radius 2 is 2.00 bits per heavy atom. The van der Waals surface area contributed by atoms with Crippen molar-refractivity contribution >= 4 is 0 Å². The quantitative estimate of drug-likeness (QED) is 0.635. The van der Waals surface area contributed by atoms with Gasteiger partial charge in [-0.1, -0.05) is 32.9 Å². The first-order chi connectivity index (χ1) is 12.8. The molecule has 0 aromatic carbocycles. The minimum absolute atomic E-state index is 0.143. The third-order valence-corrected chi connectivity index (χ3v) is 9.46. The van der Waals surface area contributed by atoms with Gasteiger partial charge in [0.25, 0.3) is 0 Å². The van der Waals surface area contributed by atoms with Crippen molar-refractivity contribution in [1.29, 1.82) is 5.26 Å². The number of allylic oxidation sites excluding steroid dienone is 1. The van der Waals surface area contributed by atoms with Crippen LogP contribution in [-0.2, 0) is 4.74 Å². The summed E-state index contributed by atoms with van der Waals surface area (Å²) in [5, 5.41) is 19.5. The van der Waals surface area contributed by atoms with E-state index in [1.54, 1.807) is 0 Å². The van der Waals surface area contributed by atoms with E-state index in [2.05, 4.69) is 33.4 Å². The van der Waals surface area contributed by atoms with E-state index in [1.807, 2.05) is 7.11 Å². The number of ether oxygens (including phenoxy) is 1. The summed E-state index contributed by atoms with van der Waals surface area (Å²) in [6.45, 7) is 11.7. The Balaban J connectivity index is 1.97. The van der Waals surface area contributed by atoms with Crippen LogP contribution < -0.4 is 0 Å². The van der Waals surface area contributed by atoms with Gasteiger partial charge in [-0.15, -0.1) is 0 Å². The predicted molar refractivity (Wildman–Crippen MR) is 109 cm³/mol. The average Bonchev–Trinajstić information content (AvgIpc) is 2.93. The molecule has 3 fully saturated rings. The van der Waals surface area contributed by atoms with Crippen molar-refractivity contribution in [2.24, 2.45) is 28.1 Å². The largest absolute Gasteiger partial charge is 0.393 e. The zero-order valence-corrected chi connectivity index (χ0v) is 17.9. The van der Waals surface area contributed by atoms with Crippen LogP contribution in [0.3, 0.4) is 0 Å². The van der Waals surface area contributed by atoms with Crippen molar-refractivity contribution in [3.63, 3.8) is 0 Å². The molecule has 3 aliphatic rings. The van der Waals surface area contributed by atoms with Crippen LogP contribution in [0.2, 0.25) is 0 Å². The highest BCUT2D eigenvalue weighted by Gasteiger charge is 2.64. The molecule has 7 unspecified atom stereocenters. The fraction of sp³-hybridized carbons (Fsp3) is 0.875. The lowest BCUT2D eigenvalue weighted by atomic mass is 9.46. The normalized spacial score (nSPS) is 47.5. The van der Waals surface area contributed by atoms with E-state index in [9.17, 15) is 5.11 Å². The zero-order chi connectivity index (χ0) is 19.9. The summed E-state index contributed by atoms with van der Waals surface area (Å²) in [5.41, 5.74) is 1.94. The molecule has 3 rings (SSSR count). The van der Waals surface area contributed by atoms with E-state index < -0.39 is 0 Å². The molecule has 0 amide bonds. The summed E-state index contributed by atoms with van der Waals surface area (Å²) >= 11 is 0. The maximum atomic E-state index is 10.3. The number of hydrogen-bond acceptors (Lipinski definition) is 3. The second-order valence-electron chi connectivity index (χ2n) is 10.1. The van der Waals surface area contributed by atoms with Crippen LogP contribution in [0.5, 0.6) is 0 Å². The molecule has 7 atom stereocenters. The standard InChI is InChI=1S/C24H39NO2/c1-6-24-14-9-17(2)23(24,4)13-11-20(21(24)27-5)22(3)12-10-19(26)16-18(22)8-7-15-25/h18-21,26H,2,6-14,16H2,1,3-5H3. The van der Waals surface area contributed by atoms with Gasteiger partial charge in [-0.3, -0.25) is 0 Å². The summed E-state index contributed by atoms with van der Waals surface area (Å²) in [5.74, 6) is 0.907. The lowest BCUT2D eigenvalue weighted by molar-refractivity contribution is -0.178. The summed E-state index contributed by atoms with van der Waals surface area (Å²) in [6, 6.07) is 2.34. The van der Waals surface area contributed by atoms with Crippen LogP contribution in [0.1, 0.15) is 85.0 Å². The van der Waals surface area contributed by atoms with E-state index in [-0.39, 0.29) is 28.5 Å². The van der Waals surface area contributed by atoms with Crippen LogP contribution in [0, 0.1) is 39.4 Å². The molecule has 0 spiro atoms. The fourth-order valence-electron chi connectivity index (χ4n) is 7.55. The molecule has 1 N–H and O–H groups in total. The van der Waals surface area contributed by atoms with Crippen molar-refractivity contribution in [3.8, 4) is 6.07 Å². The third kappa shape index (κ3) is 2.99. The van der Waals surface area contributed by atoms with E-state index in [0.717, 1.165) is 38.5 Å². The lowest BCUT2D eigenvalue weighted by Crippen LogP contribution is -2.58. The van der Waals surface area contributed by atoms with Crippen molar-refractivity contribution in [2.45, 2.75) is 97.2 Å². The smallest absolute Gasteiger partial charge is 0.0669 e. The molecular weight excluding hydrogens is 334 g/mol. The predicted octanol–water partition coefficient (Wildman–Crippen LogP) is 5.64. The molecule has 0 aromatic rings. The number of fused-ring (bicyclic) bond motifs is 1. The van der Waals surface area contributed by atoms with Crippen molar-refractivity contribution in [2.75, 3.05) is 7.11 Å². The number of aliphatic hydroxyl groups excluding tert-OH is 1. The van der Waals surface area contributed by atoms with E-state index >= 15 is 0 Å². The molecule has 3 aliphatic carbocycles. The first-order valence-corrected chi connectivity index (χ1v) is 11.0. The molecule has 0 saturated heterocycles. The number of aliphatic hydroxyl groups is 1. The van der Waals surface area contributed by atoms with Crippen LogP contribution in [0.25, 0.3) is 0 Å². The number of rotatable bonds is 5. The van der Waals surface area contributed by atoms with Gasteiger partial charge in [0.05, 0.1) is 18.3 Å². The Labute approximate surface area is 166 Å². The fourth-order valence-corrected chi connectivity index (χ4v) is 7.55. The van der Waals surface area contributed by atoms with Crippen molar-refractivity contribution in [3.05, 3.63) is 12.2 Å². The molecule has 0 radical (unpaired) electrons. The number of nitrogens with zero attached hydrogens (tertiary/aromatic N) is 1.